The van der Waals surface area contributed by atoms with Crippen LogP contribution in [0.5, 0.6) is 0 Å². The molecule has 0 aliphatic carbocycles. The lowest BCUT2D eigenvalue weighted by Gasteiger charge is -2.13. The van der Waals surface area contributed by atoms with Crippen LogP contribution in [0.1, 0.15) is 37.0 Å². The van der Waals surface area contributed by atoms with Gasteiger partial charge in [0, 0.05) is 25.8 Å². The minimum Gasteiger partial charge on any atom is -0.303 e. The van der Waals surface area contributed by atoms with Crippen molar-refractivity contribution in [3.8, 4) is 0 Å². The van der Waals surface area contributed by atoms with E-state index in [9.17, 15) is 0 Å². The number of aryl methyl sites for hydroxylation is 2. The van der Waals surface area contributed by atoms with Gasteiger partial charge in [-0.05, 0) is 25.5 Å². The molecule has 2 aromatic rings. The predicted molar refractivity (Wildman–Crippen MR) is 77.1 cm³/mol. The van der Waals surface area contributed by atoms with Crippen LogP contribution in [-0.2, 0) is 20.0 Å². The molecule has 0 unspecified atom stereocenters. The SMILES string of the molecule is CCc1nn(C)c(CN[C@@H](C)c2ccccn2)c1Cl. The van der Waals surface area contributed by atoms with E-state index in [0.29, 0.717) is 6.54 Å². The molecule has 4 nitrogen and oxygen atoms in total. The van der Waals surface area contributed by atoms with Crippen molar-refractivity contribution in [2.24, 2.45) is 7.05 Å². The molecule has 2 rings (SSSR count). The predicted octanol–water partition coefficient (Wildman–Crippen LogP) is 2.88. The molecule has 1 atom stereocenters. The first kappa shape index (κ1) is 14.0. The van der Waals surface area contributed by atoms with E-state index in [4.69, 9.17) is 11.6 Å². The minimum atomic E-state index is 0.178. The molecule has 0 saturated carbocycles. The summed E-state index contributed by atoms with van der Waals surface area (Å²) in [4.78, 5) is 4.34. The maximum atomic E-state index is 6.32. The number of nitrogens with zero attached hydrogens (tertiary/aromatic N) is 3. The van der Waals surface area contributed by atoms with E-state index in [1.54, 1.807) is 6.20 Å². The molecule has 102 valence electrons. The molecule has 0 saturated heterocycles. The van der Waals surface area contributed by atoms with Gasteiger partial charge in [0.2, 0.25) is 0 Å². The molecule has 0 bridgehead atoms. The van der Waals surface area contributed by atoms with Crippen molar-refractivity contribution in [2.75, 3.05) is 0 Å². The van der Waals surface area contributed by atoms with Crippen LogP contribution in [0.25, 0.3) is 0 Å². The fourth-order valence-electron chi connectivity index (χ4n) is 2.00. The molecule has 19 heavy (non-hydrogen) atoms. The zero-order valence-corrected chi connectivity index (χ0v) is 12.3. The quantitative estimate of drug-likeness (QED) is 0.914. The third-order valence-electron chi connectivity index (χ3n) is 3.21. The summed E-state index contributed by atoms with van der Waals surface area (Å²) < 4.78 is 1.85. The molecule has 0 aliphatic heterocycles. The van der Waals surface area contributed by atoms with Gasteiger partial charge in [-0.15, -0.1) is 0 Å². The van der Waals surface area contributed by atoms with Crippen molar-refractivity contribution in [3.63, 3.8) is 0 Å². The lowest BCUT2D eigenvalue weighted by molar-refractivity contribution is 0.538. The van der Waals surface area contributed by atoms with Gasteiger partial charge in [-0.2, -0.15) is 5.10 Å². The topological polar surface area (TPSA) is 42.7 Å². The first-order valence-electron chi connectivity index (χ1n) is 6.48. The maximum Gasteiger partial charge on any atom is 0.0863 e. The van der Waals surface area contributed by atoms with E-state index in [2.05, 4.69) is 29.2 Å². The number of halogens is 1. The second-order valence-electron chi connectivity index (χ2n) is 4.54. The molecule has 2 aromatic heterocycles. The first-order chi connectivity index (χ1) is 9.13. The molecule has 0 aliphatic rings. The highest BCUT2D eigenvalue weighted by Gasteiger charge is 2.14. The number of pyridine rings is 1. The number of hydrogen-bond donors (Lipinski definition) is 1. The van der Waals surface area contributed by atoms with Gasteiger partial charge in [0.05, 0.1) is 22.1 Å². The van der Waals surface area contributed by atoms with Crippen LogP contribution in [0.3, 0.4) is 0 Å². The molecular weight excluding hydrogens is 260 g/mol. The largest absolute Gasteiger partial charge is 0.303 e. The van der Waals surface area contributed by atoms with E-state index in [0.717, 1.165) is 28.5 Å². The van der Waals surface area contributed by atoms with Crippen LogP contribution < -0.4 is 5.32 Å². The van der Waals surface area contributed by atoms with Crippen LogP contribution in [0.2, 0.25) is 5.02 Å². The van der Waals surface area contributed by atoms with E-state index >= 15 is 0 Å². The molecule has 0 amide bonds. The van der Waals surface area contributed by atoms with Gasteiger partial charge < -0.3 is 5.32 Å². The monoisotopic (exact) mass is 278 g/mol. The minimum absolute atomic E-state index is 0.178. The Kier molecular flexibility index (Phi) is 4.56. The van der Waals surface area contributed by atoms with Crippen molar-refractivity contribution in [1.29, 1.82) is 0 Å². The van der Waals surface area contributed by atoms with E-state index in [1.807, 2.05) is 29.9 Å². The summed E-state index contributed by atoms with van der Waals surface area (Å²) in [6, 6.07) is 6.10. The van der Waals surface area contributed by atoms with E-state index in [1.165, 1.54) is 0 Å². The van der Waals surface area contributed by atoms with Gasteiger partial charge >= 0.3 is 0 Å². The fraction of sp³-hybridized carbons (Fsp3) is 0.429. The Morgan fingerprint density at radius 2 is 2.21 bits per heavy atom. The first-order valence-corrected chi connectivity index (χ1v) is 6.85. The van der Waals surface area contributed by atoms with Crippen LogP contribution in [0.15, 0.2) is 24.4 Å². The molecule has 1 N–H and O–H groups in total. The molecule has 2 heterocycles. The molecular formula is C14H19ClN4. The normalized spacial score (nSPS) is 12.6. The Hall–Kier alpha value is -1.39. The highest BCUT2D eigenvalue weighted by Crippen LogP contribution is 2.21. The Morgan fingerprint density at radius 1 is 1.42 bits per heavy atom. The van der Waals surface area contributed by atoms with Gasteiger partial charge in [-0.1, -0.05) is 24.6 Å². The summed E-state index contributed by atoms with van der Waals surface area (Å²) in [6.07, 6.45) is 2.65. The van der Waals surface area contributed by atoms with Crippen molar-refractivity contribution in [2.45, 2.75) is 32.9 Å². The molecule has 0 fully saturated rings. The molecule has 0 spiro atoms. The van der Waals surface area contributed by atoms with E-state index < -0.39 is 0 Å². The smallest absolute Gasteiger partial charge is 0.0863 e. The summed E-state index contributed by atoms with van der Waals surface area (Å²) in [7, 11) is 1.92. The Balaban J connectivity index is 2.05. The van der Waals surface area contributed by atoms with Gasteiger partial charge in [-0.25, -0.2) is 0 Å². The summed E-state index contributed by atoms with van der Waals surface area (Å²) in [6.45, 7) is 4.83. The highest BCUT2D eigenvalue weighted by atomic mass is 35.5. The van der Waals surface area contributed by atoms with Gasteiger partial charge in [0.15, 0.2) is 0 Å². The second-order valence-corrected chi connectivity index (χ2v) is 4.92. The third-order valence-corrected chi connectivity index (χ3v) is 3.65. The van der Waals surface area contributed by atoms with E-state index in [-0.39, 0.29) is 6.04 Å². The van der Waals surface area contributed by atoms with Gasteiger partial charge in [0.1, 0.15) is 0 Å². The number of aromatic nitrogens is 3. The highest BCUT2D eigenvalue weighted by molar-refractivity contribution is 6.31. The summed E-state index contributed by atoms with van der Waals surface area (Å²) in [5.41, 5.74) is 2.99. The van der Waals surface area contributed by atoms with Crippen molar-refractivity contribution in [3.05, 3.63) is 46.5 Å². The number of rotatable bonds is 5. The molecule has 5 heteroatoms. The summed E-state index contributed by atoms with van der Waals surface area (Å²) in [5.74, 6) is 0. The summed E-state index contributed by atoms with van der Waals surface area (Å²) >= 11 is 6.32. The third kappa shape index (κ3) is 3.14. The van der Waals surface area contributed by atoms with Crippen LogP contribution in [0, 0.1) is 0 Å². The lowest BCUT2D eigenvalue weighted by Crippen LogP contribution is -2.20. The lowest BCUT2D eigenvalue weighted by atomic mass is 10.2. The van der Waals surface area contributed by atoms with Crippen molar-refractivity contribution >= 4 is 11.6 Å². The van der Waals surface area contributed by atoms with Crippen LogP contribution in [0.4, 0.5) is 0 Å². The molecule has 0 radical (unpaired) electrons. The average Bonchev–Trinajstić information content (AvgIpc) is 2.72. The average molecular weight is 279 g/mol. The Bertz CT molecular complexity index is 536. The van der Waals surface area contributed by atoms with Crippen LogP contribution >= 0.6 is 11.6 Å². The van der Waals surface area contributed by atoms with Gasteiger partial charge in [0.25, 0.3) is 0 Å². The fourth-order valence-corrected chi connectivity index (χ4v) is 2.36. The van der Waals surface area contributed by atoms with Crippen molar-refractivity contribution < 1.29 is 0 Å². The summed E-state index contributed by atoms with van der Waals surface area (Å²) in [5, 5.41) is 8.60. The van der Waals surface area contributed by atoms with Gasteiger partial charge in [-0.3, -0.25) is 9.67 Å². The zero-order chi connectivity index (χ0) is 13.8. The standard InChI is InChI=1S/C14H19ClN4/c1-4-11-14(15)13(19(3)18-11)9-17-10(2)12-7-5-6-8-16-12/h5-8,10,17H,4,9H2,1-3H3/t10-/m0/s1. The zero-order valence-electron chi connectivity index (χ0n) is 11.5. The van der Waals surface area contributed by atoms with Crippen LogP contribution in [-0.4, -0.2) is 14.8 Å². The number of hydrogen-bond acceptors (Lipinski definition) is 3. The second kappa shape index (κ2) is 6.17. The Labute approximate surface area is 118 Å². The van der Waals surface area contributed by atoms with Crippen molar-refractivity contribution in [1.82, 2.24) is 20.1 Å². The number of nitrogens with one attached hydrogen (secondary N) is 1. The Morgan fingerprint density at radius 3 is 2.79 bits per heavy atom. The molecule has 0 aromatic carbocycles. The maximum absolute atomic E-state index is 6.32.